The number of hydrogen-bond acceptors (Lipinski definition) is 3. The van der Waals surface area contributed by atoms with Gasteiger partial charge in [0.05, 0.1) is 26.6 Å². The van der Waals surface area contributed by atoms with Gasteiger partial charge in [-0.3, -0.25) is 9.36 Å². The first-order chi connectivity index (χ1) is 16.8. The van der Waals surface area contributed by atoms with Crippen molar-refractivity contribution in [2.24, 2.45) is 0 Å². The van der Waals surface area contributed by atoms with E-state index in [1.807, 2.05) is 0 Å². The molecule has 3 aromatic carbocycles. The molecule has 4 aromatic rings. The van der Waals surface area contributed by atoms with E-state index in [1.165, 1.54) is 12.1 Å². The molecule has 0 unspecified atom stereocenters. The van der Waals surface area contributed by atoms with Gasteiger partial charge in [-0.1, -0.05) is 65.7 Å². The van der Waals surface area contributed by atoms with Crippen LogP contribution in [-0.2, 0) is 12.0 Å². The van der Waals surface area contributed by atoms with Crippen molar-refractivity contribution in [3.8, 4) is 5.69 Å². The number of rotatable bonds is 4. The van der Waals surface area contributed by atoms with Gasteiger partial charge in [-0.25, -0.2) is 4.98 Å². The van der Waals surface area contributed by atoms with Crippen molar-refractivity contribution in [2.45, 2.75) is 24.4 Å². The van der Waals surface area contributed by atoms with Crippen LogP contribution in [0.25, 0.3) is 16.6 Å². The summed E-state index contributed by atoms with van der Waals surface area (Å²) < 4.78 is 80.7. The van der Waals surface area contributed by atoms with Gasteiger partial charge in [0, 0.05) is 12.0 Å². The van der Waals surface area contributed by atoms with Crippen LogP contribution in [0.2, 0.25) is 10.0 Å². The van der Waals surface area contributed by atoms with Gasteiger partial charge in [-0.15, -0.1) is 0 Å². The molecule has 12 heteroatoms. The van der Waals surface area contributed by atoms with Gasteiger partial charge in [0.2, 0.25) is 0 Å². The number of nitrogens with zero attached hydrogens (tertiary/aromatic N) is 2. The predicted octanol–water partition coefficient (Wildman–Crippen LogP) is 6.60. The third-order valence-electron chi connectivity index (χ3n) is 5.57. The highest BCUT2D eigenvalue weighted by molar-refractivity contribution is 6.45. The van der Waals surface area contributed by atoms with Crippen molar-refractivity contribution in [1.82, 2.24) is 9.55 Å². The molecule has 0 aliphatic heterocycles. The third kappa shape index (κ3) is 4.33. The molecule has 1 heterocycles. The minimum absolute atomic E-state index is 0.0567. The topological polar surface area (TPSA) is 55.1 Å². The Bertz CT molecular complexity index is 1470. The highest BCUT2D eigenvalue weighted by Crippen LogP contribution is 2.50. The van der Waals surface area contributed by atoms with Gasteiger partial charge in [-0.2, -0.15) is 26.3 Å². The minimum Gasteiger partial charge on any atom is -0.369 e. The van der Waals surface area contributed by atoms with E-state index in [9.17, 15) is 36.2 Å². The normalized spacial score (nSPS) is 12.8. The summed E-state index contributed by atoms with van der Waals surface area (Å²) >= 11 is 12.3. The van der Waals surface area contributed by atoms with E-state index in [2.05, 4.69) is 4.98 Å². The maximum Gasteiger partial charge on any atom is 0.430 e. The first-order valence-electron chi connectivity index (χ1n) is 10.2. The van der Waals surface area contributed by atoms with Gasteiger partial charge in [0.15, 0.2) is 0 Å². The third-order valence-corrected chi connectivity index (χ3v) is 6.37. The number of hydrogen-bond donors (Lipinski definition) is 1. The zero-order valence-corrected chi connectivity index (χ0v) is 19.3. The first-order valence-corrected chi connectivity index (χ1v) is 10.9. The van der Waals surface area contributed by atoms with E-state index < -0.39 is 29.1 Å². The molecule has 0 saturated carbocycles. The Kier molecular flexibility index (Phi) is 6.57. The summed E-state index contributed by atoms with van der Waals surface area (Å²) in [6.07, 6.45) is -12.0. The fraction of sp³-hybridized carbons (Fsp3) is 0.167. The number of alkyl halides is 6. The lowest BCUT2D eigenvalue weighted by molar-refractivity contribution is -0.376. The maximum atomic E-state index is 13.5. The number of fused-ring (bicyclic) bond motifs is 1. The molecule has 1 aromatic heterocycles. The lowest BCUT2D eigenvalue weighted by Crippen LogP contribution is -2.53. The Morgan fingerprint density at radius 2 is 1.42 bits per heavy atom. The number of aromatic nitrogens is 2. The predicted molar refractivity (Wildman–Crippen MR) is 123 cm³/mol. The standard InChI is InChI=1S/C24H14Cl2F6N2O2/c25-16-10-11-17-19(20(16)26)21(35)34(18(33-17)12-13-4-2-1-3-5-13)15-8-6-14(7-9-15)22(36,23(27,28)29)24(30,31)32/h1-11,36H,12H2. The summed E-state index contributed by atoms with van der Waals surface area (Å²) in [5, 5.41) is 9.54. The van der Waals surface area contributed by atoms with Crippen LogP contribution in [0, 0.1) is 0 Å². The molecule has 0 spiro atoms. The van der Waals surface area contributed by atoms with Crippen molar-refractivity contribution < 1.29 is 31.4 Å². The van der Waals surface area contributed by atoms with Crippen molar-refractivity contribution in [1.29, 1.82) is 0 Å². The highest BCUT2D eigenvalue weighted by atomic mass is 35.5. The van der Waals surface area contributed by atoms with Gasteiger partial charge >= 0.3 is 12.4 Å². The average molecular weight is 547 g/mol. The summed E-state index contributed by atoms with van der Waals surface area (Å²) in [4.78, 5) is 18.0. The Balaban J connectivity index is 1.95. The molecule has 0 fully saturated rings. The molecule has 1 N–H and O–H groups in total. The number of benzene rings is 3. The van der Waals surface area contributed by atoms with Crippen LogP contribution >= 0.6 is 23.2 Å². The Hall–Kier alpha value is -3.08. The molecule has 0 atom stereocenters. The van der Waals surface area contributed by atoms with E-state index in [0.29, 0.717) is 12.1 Å². The molecule has 4 nitrogen and oxygen atoms in total. The average Bonchev–Trinajstić information content (AvgIpc) is 2.80. The van der Waals surface area contributed by atoms with Crippen molar-refractivity contribution >= 4 is 34.1 Å². The van der Waals surface area contributed by atoms with E-state index in [0.717, 1.165) is 22.3 Å². The van der Waals surface area contributed by atoms with Crippen LogP contribution in [0.4, 0.5) is 26.3 Å². The second kappa shape index (κ2) is 9.10. The zero-order valence-electron chi connectivity index (χ0n) is 17.8. The van der Waals surface area contributed by atoms with Crippen LogP contribution in [0.3, 0.4) is 0 Å². The van der Waals surface area contributed by atoms with Crippen LogP contribution in [0.5, 0.6) is 0 Å². The summed E-state index contributed by atoms with van der Waals surface area (Å²) in [5.41, 5.74) is -6.44. The number of aliphatic hydroxyl groups is 1. The molecular formula is C24H14Cl2F6N2O2. The van der Waals surface area contributed by atoms with E-state index in [4.69, 9.17) is 23.2 Å². The smallest absolute Gasteiger partial charge is 0.369 e. The van der Waals surface area contributed by atoms with Crippen molar-refractivity contribution in [3.63, 3.8) is 0 Å². The zero-order chi connectivity index (χ0) is 26.5. The van der Waals surface area contributed by atoms with Gasteiger partial charge in [0.25, 0.3) is 11.2 Å². The van der Waals surface area contributed by atoms with E-state index >= 15 is 0 Å². The molecule has 36 heavy (non-hydrogen) atoms. The Morgan fingerprint density at radius 1 is 0.833 bits per heavy atom. The highest BCUT2D eigenvalue weighted by Gasteiger charge is 2.71. The maximum absolute atomic E-state index is 13.5. The molecular weight excluding hydrogens is 533 g/mol. The van der Waals surface area contributed by atoms with Gasteiger partial charge in [-0.05, 0) is 29.8 Å². The molecule has 0 bridgehead atoms. The minimum atomic E-state index is -6.04. The van der Waals surface area contributed by atoms with E-state index in [1.54, 1.807) is 30.3 Å². The molecule has 0 radical (unpaired) electrons. The summed E-state index contributed by atoms with van der Waals surface area (Å²) in [5.74, 6) is 0.145. The largest absolute Gasteiger partial charge is 0.430 e. The quantitative estimate of drug-likeness (QED) is 0.293. The lowest BCUT2D eigenvalue weighted by atomic mass is 9.92. The molecule has 0 aliphatic carbocycles. The summed E-state index contributed by atoms with van der Waals surface area (Å²) in [7, 11) is 0. The van der Waals surface area contributed by atoms with E-state index in [-0.39, 0.29) is 38.9 Å². The second-order valence-electron chi connectivity index (χ2n) is 7.84. The van der Waals surface area contributed by atoms with Crippen molar-refractivity contribution in [2.75, 3.05) is 0 Å². The molecule has 4 rings (SSSR count). The summed E-state index contributed by atoms with van der Waals surface area (Å²) in [6.45, 7) is 0. The number of halogens is 8. The molecule has 188 valence electrons. The Labute approximate surface area is 209 Å². The summed E-state index contributed by atoms with van der Waals surface area (Å²) in [6, 6.07) is 14.3. The molecule has 0 amide bonds. The van der Waals surface area contributed by atoms with Gasteiger partial charge in [0.1, 0.15) is 5.82 Å². The first kappa shape index (κ1) is 26.0. The molecule has 0 saturated heterocycles. The van der Waals surface area contributed by atoms with Crippen LogP contribution < -0.4 is 5.56 Å². The van der Waals surface area contributed by atoms with Crippen LogP contribution in [0.15, 0.2) is 71.5 Å². The monoisotopic (exact) mass is 546 g/mol. The lowest BCUT2D eigenvalue weighted by Gasteiger charge is -2.32. The van der Waals surface area contributed by atoms with Crippen molar-refractivity contribution in [3.05, 3.63) is 104 Å². The molecule has 0 aliphatic rings. The fourth-order valence-corrected chi connectivity index (χ4v) is 4.16. The second-order valence-corrected chi connectivity index (χ2v) is 8.62. The van der Waals surface area contributed by atoms with Crippen LogP contribution in [-0.4, -0.2) is 27.0 Å². The van der Waals surface area contributed by atoms with Crippen LogP contribution in [0.1, 0.15) is 17.0 Å². The van der Waals surface area contributed by atoms with Gasteiger partial charge < -0.3 is 5.11 Å². The Morgan fingerprint density at radius 3 is 1.97 bits per heavy atom. The fourth-order valence-electron chi connectivity index (χ4n) is 3.76. The SMILES string of the molecule is O=c1c2c(Cl)c(Cl)ccc2nc(Cc2ccccc2)n1-c1ccc(C(O)(C(F)(F)F)C(F)(F)F)cc1.